The first-order valence-electron chi connectivity index (χ1n) is 3.34. The minimum atomic E-state index is -0.966. The second-order valence-corrected chi connectivity index (χ2v) is 2.28. The van der Waals surface area contributed by atoms with Crippen molar-refractivity contribution in [2.24, 2.45) is 5.73 Å². The summed E-state index contributed by atoms with van der Waals surface area (Å²) in [6.07, 6.45) is 1.65. The first kappa shape index (κ1) is 8.32. The Balaban J connectivity index is 2.79. The molecule has 0 aliphatic carbocycles. The number of rotatable bonds is 1. The number of carbonyl (C=O) groups excluding carboxylic acids is 2. The molecule has 5 nitrogen and oxygen atoms in total. The molecule has 0 aromatic carbocycles. The van der Waals surface area contributed by atoms with E-state index in [0.29, 0.717) is 5.82 Å². The van der Waals surface area contributed by atoms with Crippen molar-refractivity contribution in [2.75, 3.05) is 11.9 Å². The van der Waals surface area contributed by atoms with E-state index in [-0.39, 0.29) is 0 Å². The smallest absolute Gasteiger partial charge is 0.316 e. The Morgan fingerprint density at radius 2 is 2.25 bits per heavy atom. The van der Waals surface area contributed by atoms with Gasteiger partial charge in [-0.05, 0) is 12.1 Å². The quantitative estimate of drug-likeness (QED) is 0.551. The third-order valence-electron chi connectivity index (χ3n) is 1.46. The van der Waals surface area contributed by atoms with E-state index in [4.69, 9.17) is 5.73 Å². The second kappa shape index (κ2) is 3.08. The fraction of sp³-hybridized carbons (Fsp3) is 0.143. The zero-order chi connectivity index (χ0) is 9.14. The number of carbonyl (C=O) groups is 2. The largest absolute Gasteiger partial charge is 0.361 e. The van der Waals surface area contributed by atoms with Gasteiger partial charge in [-0.25, -0.2) is 0 Å². The predicted molar refractivity (Wildman–Crippen MR) is 43.4 cm³/mol. The van der Waals surface area contributed by atoms with Gasteiger partial charge in [-0.1, -0.05) is 0 Å². The highest BCUT2D eigenvalue weighted by Gasteiger charge is 2.16. The van der Waals surface area contributed by atoms with Crippen LogP contribution in [0.3, 0.4) is 0 Å². The van der Waals surface area contributed by atoms with Crippen LogP contribution in [0.5, 0.6) is 0 Å². The monoisotopic (exact) mass is 167 g/mol. The second-order valence-electron chi connectivity index (χ2n) is 2.28. The number of nitrogens with zero attached hydrogens (tertiary/aromatic N) is 1. The third kappa shape index (κ3) is 1.45. The topological polar surface area (TPSA) is 79.2 Å². The van der Waals surface area contributed by atoms with Crippen molar-refractivity contribution in [2.45, 2.75) is 0 Å². The Kier molecular flexibility index (Phi) is 2.14. The molecule has 0 aliphatic heterocycles. The summed E-state index contributed by atoms with van der Waals surface area (Å²) in [6.45, 7) is 0. The van der Waals surface area contributed by atoms with Gasteiger partial charge in [0.25, 0.3) is 0 Å². The van der Waals surface area contributed by atoms with Crippen LogP contribution in [0.25, 0.3) is 0 Å². The summed E-state index contributed by atoms with van der Waals surface area (Å²) in [7, 11) is 1.47. The van der Waals surface area contributed by atoms with Gasteiger partial charge >= 0.3 is 11.8 Å². The highest BCUT2D eigenvalue weighted by molar-refractivity contribution is 6.39. The van der Waals surface area contributed by atoms with Crippen LogP contribution in [0.2, 0.25) is 0 Å². The number of aromatic amines is 1. The summed E-state index contributed by atoms with van der Waals surface area (Å²) in [5.74, 6) is -1.16. The van der Waals surface area contributed by atoms with Crippen LogP contribution in [0, 0.1) is 0 Å². The number of nitrogens with two attached hydrogens (primary N) is 1. The van der Waals surface area contributed by atoms with E-state index in [1.54, 1.807) is 18.3 Å². The van der Waals surface area contributed by atoms with Gasteiger partial charge in [0.15, 0.2) is 0 Å². The molecule has 1 aromatic rings. The number of primary amides is 1. The van der Waals surface area contributed by atoms with Crippen LogP contribution in [-0.2, 0) is 9.59 Å². The molecule has 2 amide bonds. The fourth-order valence-corrected chi connectivity index (χ4v) is 0.804. The molecule has 1 heterocycles. The lowest BCUT2D eigenvalue weighted by Gasteiger charge is -2.11. The predicted octanol–water partition coefficient (Wildman–Crippen LogP) is -0.537. The van der Waals surface area contributed by atoms with Crippen LogP contribution in [-0.4, -0.2) is 23.8 Å². The number of nitrogens with one attached hydrogen (secondary N) is 1. The number of likely N-dealkylation sites (N-methyl/N-ethyl adjacent to an activating group) is 1. The normalized spacial score (nSPS) is 9.42. The average Bonchev–Trinajstić information content (AvgIpc) is 2.53. The first-order chi connectivity index (χ1) is 5.63. The minimum Gasteiger partial charge on any atom is -0.361 e. The Labute approximate surface area is 69.2 Å². The molecule has 5 heteroatoms. The number of hydrogen-bond acceptors (Lipinski definition) is 2. The average molecular weight is 167 g/mol. The Hall–Kier alpha value is -1.78. The number of H-pyrrole nitrogens is 1. The van der Waals surface area contributed by atoms with Crippen LogP contribution in [0.4, 0.5) is 5.82 Å². The van der Waals surface area contributed by atoms with Gasteiger partial charge in [0, 0.05) is 13.2 Å². The number of aromatic nitrogens is 1. The Morgan fingerprint density at radius 3 is 2.67 bits per heavy atom. The molecule has 0 atom stereocenters. The molecular weight excluding hydrogens is 158 g/mol. The highest BCUT2D eigenvalue weighted by atomic mass is 16.2. The van der Waals surface area contributed by atoms with Crippen molar-refractivity contribution in [3.8, 4) is 0 Å². The van der Waals surface area contributed by atoms with Crippen molar-refractivity contribution in [3.63, 3.8) is 0 Å². The maximum atomic E-state index is 11.0. The lowest BCUT2D eigenvalue weighted by atomic mass is 10.5. The molecule has 0 bridgehead atoms. The van der Waals surface area contributed by atoms with Crippen LogP contribution in [0.15, 0.2) is 18.3 Å². The van der Waals surface area contributed by atoms with Crippen molar-refractivity contribution >= 4 is 17.6 Å². The lowest BCUT2D eigenvalue weighted by molar-refractivity contribution is -0.135. The molecule has 0 aliphatic rings. The molecule has 0 saturated carbocycles. The van der Waals surface area contributed by atoms with E-state index < -0.39 is 11.8 Å². The van der Waals surface area contributed by atoms with Crippen LogP contribution in [0.1, 0.15) is 0 Å². The van der Waals surface area contributed by atoms with Gasteiger partial charge in [-0.15, -0.1) is 0 Å². The Morgan fingerprint density at radius 1 is 1.58 bits per heavy atom. The molecule has 0 spiro atoms. The molecule has 3 N–H and O–H groups in total. The zero-order valence-corrected chi connectivity index (χ0v) is 6.57. The Bertz CT molecular complexity index is 292. The first-order valence-corrected chi connectivity index (χ1v) is 3.34. The molecule has 0 unspecified atom stereocenters. The fourth-order valence-electron chi connectivity index (χ4n) is 0.804. The van der Waals surface area contributed by atoms with Crippen molar-refractivity contribution in [1.82, 2.24) is 4.98 Å². The number of anilines is 1. The summed E-state index contributed by atoms with van der Waals surface area (Å²) >= 11 is 0. The van der Waals surface area contributed by atoms with Gasteiger partial charge in [0.1, 0.15) is 5.82 Å². The summed E-state index contributed by atoms with van der Waals surface area (Å²) < 4.78 is 0. The van der Waals surface area contributed by atoms with E-state index in [2.05, 4.69) is 4.98 Å². The molecule has 64 valence electrons. The van der Waals surface area contributed by atoms with Gasteiger partial charge in [0.05, 0.1) is 0 Å². The van der Waals surface area contributed by atoms with E-state index in [1.165, 1.54) is 7.05 Å². The molecule has 12 heavy (non-hydrogen) atoms. The van der Waals surface area contributed by atoms with Gasteiger partial charge in [-0.2, -0.15) is 0 Å². The summed E-state index contributed by atoms with van der Waals surface area (Å²) in [5.41, 5.74) is 4.80. The van der Waals surface area contributed by atoms with Crippen molar-refractivity contribution in [1.29, 1.82) is 0 Å². The van der Waals surface area contributed by atoms with Gasteiger partial charge < -0.3 is 10.7 Å². The van der Waals surface area contributed by atoms with Crippen molar-refractivity contribution < 1.29 is 9.59 Å². The standard InChI is InChI=1S/C7H9N3O2/c1-10(7(12)6(8)11)5-3-2-4-9-5/h2-4,9H,1H3,(H2,8,11). The minimum absolute atomic E-state index is 0.541. The summed E-state index contributed by atoms with van der Waals surface area (Å²) in [4.78, 5) is 25.4. The molecular formula is C7H9N3O2. The number of amides is 2. The van der Waals surface area contributed by atoms with Crippen molar-refractivity contribution in [3.05, 3.63) is 18.3 Å². The summed E-state index contributed by atoms with van der Waals surface area (Å²) in [6, 6.07) is 3.39. The molecule has 0 saturated heterocycles. The SMILES string of the molecule is CN(C(=O)C(N)=O)c1ccc[nH]1. The van der Waals surface area contributed by atoms with E-state index >= 15 is 0 Å². The lowest BCUT2D eigenvalue weighted by Crippen LogP contribution is -2.37. The third-order valence-corrected chi connectivity index (χ3v) is 1.46. The maximum absolute atomic E-state index is 11.0. The van der Waals surface area contributed by atoms with E-state index in [9.17, 15) is 9.59 Å². The maximum Gasteiger partial charge on any atom is 0.316 e. The van der Waals surface area contributed by atoms with Crippen LogP contribution < -0.4 is 10.6 Å². The van der Waals surface area contributed by atoms with Gasteiger partial charge in [0.2, 0.25) is 0 Å². The van der Waals surface area contributed by atoms with Crippen LogP contribution >= 0.6 is 0 Å². The zero-order valence-electron chi connectivity index (χ0n) is 6.57. The van der Waals surface area contributed by atoms with Gasteiger partial charge in [-0.3, -0.25) is 14.5 Å². The number of hydrogen-bond donors (Lipinski definition) is 2. The van der Waals surface area contributed by atoms with E-state index in [0.717, 1.165) is 4.90 Å². The molecule has 1 rings (SSSR count). The highest BCUT2D eigenvalue weighted by Crippen LogP contribution is 2.06. The molecule has 0 fully saturated rings. The molecule has 1 aromatic heterocycles. The molecule has 0 radical (unpaired) electrons. The summed E-state index contributed by atoms with van der Waals surface area (Å²) in [5, 5.41) is 0. The van der Waals surface area contributed by atoms with E-state index in [1.807, 2.05) is 0 Å².